The van der Waals surface area contributed by atoms with Crippen LogP contribution in [0.4, 0.5) is 0 Å². The van der Waals surface area contributed by atoms with Gasteiger partial charge in [-0.15, -0.1) is 0 Å². The molecule has 112 valence electrons. The quantitative estimate of drug-likeness (QED) is 0.855. The maximum Gasteiger partial charge on any atom is 0.118 e. The normalized spacial score (nSPS) is 18.9. The fourth-order valence-electron chi connectivity index (χ4n) is 2.66. The van der Waals surface area contributed by atoms with E-state index in [4.69, 9.17) is 4.74 Å². The molecule has 0 aromatic heterocycles. The van der Waals surface area contributed by atoms with E-state index in [9.17, 15) is 0 Å². The average Bonchev–Trinajstić information content (AvgIpc) is 2.49. The lowest BCUT2D eigenvalue weighted by Gasteiger charge is -2.35. The van der Waals surface area contributed by atoms with Gasteiger partial charge in [-0.1, -0.05) is 19.1 Å². The second kappa shape index (κ2) is 7.62. The second-order valence-corrected chi connectivity index (χ2v) is 5.49. The number of rotatable bonds is 6. The van der Waals surface area contributed by atoms with Gasteiger partial charge in [0.05, 0.1) is 7.11 Å². The van der Waals surface area contributed by atoms with Crippen LogP contribution in [-0.2, 0) is 0 Å². The van der Waals surface area contributed by atoms with Crippen molar-refractivity contribution in [2.24, 2.45) is 0 Å². The van der Waals surface area contributed by atoms with Crippen molar-refractivity contribution in [2.75, 3.05) is 53.4 Å². The maximum atomic E-state index is 5.23. The van der Waals surface area contributed by atoms with Gasteiger partial charge in [-0.25, -0.2) is 0 Å². The molecular formula is C16H27N3O. The summed E-state index contributed by atoms with van der Waals surface area (Å²) < 4.78 is 5.23. The van der Waals surface area contributed by atoms with E-state index in [-0.39, 0.29) is 0 Å². The monoisotopic (exact) mass is 277 g/mol. The Labute approximate surface area is 122 Å². The van der Waals surface area contributed by atoms with Gasteiger partial charge in [0, 0.05) is 38.8 Å². The SMILES string of the molecule is CCNC(CN1CCN(C)CC1)c1ccc(OC)cc1. The Kier molecular flexibility index (Phi) is 5.83. The Balaban J connectivity index is 1.98. The lowest BCUT2D eigenvalue weighted by atomic mass is 10.1. The lowest BCUT2D eigenvalue weighted by molar-refractivity contribution is 0.142. The van der Waals surface area contributed by atoms with Crippen molar-refractivity contribution in [3.8, 4) is 5.75 Å². The van der Waals surface area contributed by atoms with Gasteiger partial charge in [-0.3, -0.25) is 4.90 Å². The number of hydrogen-bond donors (Lipinski definition) is 1. The summed E-state index contributed by atoms with van der Waals surface area (Å²) in [6, 6.07) is 8.83. The predicted molar refractivity (Wildman–Crippen MR) is 83.3 cm³/mol. The molecule has 0 bridgehead atoms. The van der Waals surface area contributed by atoms with Crippen molar-refractivity contribution >= 4 is 0 Å². The molecule has 1 fully saturated rings. The average molecular weight is 277 g/mol. The zero-order valence-electron chi connectivity index (χ0n) is 12.9. The summed E-state index contributed by atoms with van der Waals surface area (Å²) in [6.07, 6.45) is 0. The van der Waals surface area contributed by atoms with Gasteiger partial charge >= 0.3 is 0 Å². The van der Waals surface area contributed by atoms with Gasteiger partial charge in [0.15, 0.2) is 0 Å². The first kappa shape index (κ1) is 15.3. The first-order chi connectivity index (χ1) is 9.72. The highest BCUT2D eigenvalue weighted by molar-refractivity contribution is 5.29. The highest BCUT2D eigenvalue weighted by Crippen LogP contribution is 2.19. The first-order valence-corrected chi connectivity index (χ1v) is 7.51. The molecule has 1 atom stereocenters. The van der Waals surface area contributed by atoms with Gasteiger partial charge in [0.25, 0.3) is 0 Å². The molecule has 0 spiro atoms. The van der Waals surface area contributed by atoms with Crippen LogP contribution in [-0.4, -0.2) is 63.2 Å². The summed E-state index contributed by atoms with van der Waals surface area (Å²) in [7, 11) is 3.91. The second-order valence-electron chi connectivity index (χ2n) is 5.49. The summed E-state index contributed by atoms with van der Waals surface area (Å²) >= 11 is 0. The molecule has 4 heteroatoms. The number of nitrogens with zero attached hydrogens (tertiary/aromatic N) is 2. The minimum Gasteiger partial charge on any atom is -0.497 e. The van der Waals surface area contributed by atoms with E-state index in [1.807, 2.05) is 12.1 Å². The number of piperazine rings is 1. The zero-order chi connectivity index (χ0) is 14.4. The Morgan fingerprint density at radius 3 is 2.35 bits per heavy atom. The molecule has 1 saturated heterocycles. The largest absolute Gasteiger partial charge is 0.497 e. The summed E-state index contributed by atoms with van der Waals surface area (Å²) in [5, 5.41) is 3.60. The van der Waals surface area contributed by atoms with Crippen LogP contribution >= 0.6 is 0 Å². The molecule has 1 aliphatic rings. The van der Waals surface area contributed by atoms with Crippen LogP contribution in [0.2, 0.25) is 0 Å². The van der Waals surface area contributed by atoms with Crippen LogP contribution in [0.5, 0.6) is 5.75 Å². The van der Waals surface area contributed by atoms with Crippen molar-refractivity contribution in [1.29, 1.82) is 0 Å². The summed E-state index contributed by atoms with van der Waals surface area (Å²) in [4.78, 5) is 4.95. The van der Waals surface area contributed by atoms with Crippen LogP contribution in [0.3, 0.4) is 0 Å². The van der Waals surface area contributed by atoms with Crippen molar-refractivity contribution in [2.45, 2.75) is 13.0 Å². The predicted octanol–water partition coefficient (Wildman–Crippen LogP) is 1.59. The molecule has 0 amide bonds. The molecule has 4 nitrogen and oxygen atoms in total. The molecule has 0 aliphatic carbocycles. The minimum absolute atomic E-state index is 0.398. The zero-order valence-corrected chi connectivity index (χ0v) is 12.9. The lowest BCUT2D eigenvalue weighted by Crippen LogP contribution is -2.47. The molecule has 1 heterocycles. The van der Waals surface area contributed by atoms with E-state index in [0.29, 0.717) is 6.04 Å². The third kappa shape index (κ3) is 4.20. The smallest absolute Gasteiger partial charge is 0.118 e. The fraction of sp³-hybridized carbons (Fsp3) is 0.625. The van der Waals surface area contributed by atoms with E-state index < -0.39 is 0 Å². The van der Waals surface area contributed by atoms with Gasteiger partial charge in [-0.05, 0) is 31.3 Å². The molecule has 20 heavy (non-hydrogen) atoms. The Hall–Kier alpha value is -1.10. The Morgan fingerprint density at radius 2 is 1.80 bits per heavy atom. The number of benzene rings is 1. The van der Waals surface area contributed by atoms with Crippen LogP contribution in [0, 0.1) is 0 Å². The van der Waals surface area contributed by atoms with Crippen molar-refractivity contribution < 1.29 is 4.74 Å². The number of methoxy groups -OCH3 is 1. The first-order valence-electron chi connectivity index (χ1n) is 7.51. The third-order valence-corrected chi connectivity index (χ3v) is 4.01. The molecule has 1 aromatic rings. The van der Waals surface area contributed by atoms with Crippen molar-refractivity contribution in [3.05, 3.63) is 29.8 Å². The molecule has 1 aliphatic heterocycles. The molecule has 0 saturated carbocycles. The number of nitrogens with one attached hydrogen (secondary N) is 1. The molecule has 1 aromatic carbocycles. The molecule has 1 unspecified atom stereocenters. The number of ether oxygens (including phenoxy) is 1. The number of likely N-dealkylation sites (N-methyl/N-ethyl adjacent to an activating group) is 2. The van der Waals surface area contributed by atoms with E-state index in [1.165, 1.54) is 18.7 Å². The van der Waals surface area contributed by atoms with E-state index in [1.54, 1.807) is 7.11 Å². The highest BCUT2D eigenvalue weighted by atomic mass is 16.5. The van der Waals surface area contributed by atoms with Gasteiger partial charge < -0.3 is 15.0 Å². The number of hydrogen-bond acceptors (Lipinski definition) is 4. The van der Waals surface area contributed by atoms with E-state index in [2.05, 4.69) is 41.2 Å². The Morgan fingerprint density at radius 1 is 1.15 bits per heavy atom. The van der Waals surface area contributed by atoms with E-state index >= 15 is 0 Å². The van der Waals surface area contributed by atoms with Crippen molar-refractivity contribution in [1.82, 2.24) is 15.1 Å². The molecule has 2 rings (SSSR count). The maximum absolute atomic E-state index is 5.23. The van der Waals surface area contributed by atoms with Crippen molar-refractivity contribution in [3.63, 3.8) is 0 Å². The minimum atomic E-state index is 0.398. The van der Waals surface area contributed by atoms with Gasteiger partial charge in [-0.2, -0.15) is 0 Å². The standard InChI is InChI=1S/C16H27N3O/c1-4-17-16(13-19-11-9-18(2)10-12-19)14-5-7-15(20-3)8-6-14/h5-8,16-17H,4,9-13H2,1-3H3. The van der Waals surface area contributed by atoms with Crippen LogP contribution < -0.4 is 10.1 Å². The summed E-state index contributed by atoms with van der Waals surface area (Å²) in [5.74, 6) is 0.920. The fourth-order valence-corrected chi connectivity index (χ4v) is 2.66. The van der Waals surface area contributed by atoms with E-state index in [0.717, 1.165) is 31.9 Å². The molecule has 0 radical (unpaired) electrons. The van der Waals surface area contributed by atoms with Crippen LogP contribution in [0.15, 0.2) is 24.3 Å². The molecular weight excluding hydrogens is 250 g/mol. The van der Waals surface area contributed by atoms with Gasteiger partial charge in [0.2, 0.25) is 0 Å². The third-order valence-electron chi connectivity index (χ3n) is 4.01. The van der Waals surface area contributed by atoms with Crippen LogP contribution in [0.1, 0.15) is 18.5 Å². The summed E-state index contributed by atoms with van der Waals surface area (Å²) in [5.41, 5.74) is 1.34. The summed E-state index contributed by atoms with van der Waals surface area (Å²) in [6.45, 7) is 8.89. The topological polar surface area (TPSA) is 27.7 Å². The highest BCUT2D eigenvalue weighted by Gasteiger charge is 2.19. The Bertz CT molecular complexity index is 385. The molecule has 1 N–H and O–H groups in total. The van der Waals surface area contributed by atoms with Gasteiger partial charge in [0.1, 0.15) is 5.75 Å². The van der Waals surface area contributed by atoms with Crippen LogP contribution in [0.25, 0.3) is 0 Å².